The first-order chi connectivity index (χ1) is 11.7. The number of hydrogen-bond acceptors (Lipinski definition) is 1. The number of rotatable bonds is 5. The lowest BCUT2D eigenvalue weighted by atomic mass is 9.74. The van der Waals surface area contributed by atoms with Crippen LogP contribution in [0.2, 0.25) is 5.02 Å². The van der Waals surface area contributed by atoms with E-state index >= 15 is 0 Å². The molecule has 1 fully saturated rings. The zero-order valence-electron chi connectivity index (χ0n) is 14.4. The highest BCUT2D eigenvalue weighted by molar-refractivity contribution is 6.30. The van der Waals surface area contributed by atoms with E-state index in [1.807, 2.05) is 12.1 Å². The number of halogens is 1. The smallest absolute Gasteiger partial charge is 0.0406 e. The van der Waals surface area contributed by atoms with Crippen molar-refractivity contribution in [1.29, 1.82) is 0 Å². The Hall–Kier alpha value is -1.57. The van der Waals surface area contributed by atoms with Crippen LogP contribution in [-0.2, 0) is 6.54 Å². The molecule has 0 spiro atoms. The lowest BCUT2D eigenvalue weighted by Gasteiger charge is -2.44. The maximum absolute atomic E-state index is 6.07. The highest BCUT2D eigenvalue weighted by Gasteiger charge is 2.35. The summed E-state index contributed by atoms with van der Waals surface area (Å²) in [5.74, 6) is 1.18. The lowest BCUT2D eigenvalue weighted by Crippen LogP contribution is -2.46. The van der Waals surface area contributed by atoms with Gasteiger partial charge in [-0.05, 0) is 61.4 Å². The van der Waals surface area contributed by atoms with Crippen molar-refractivity contribution in [2.45, 2.75) is 38.3 Å². The van der Waals surface area contributed by atoms with Gasteiger partial charge in [-0.3, -0.25) is 4.90 Å². The number of allylic oxidation sites excluding steroid dienone is 1. The largest absolute Gasteiger partial charge is 0.296 e. The molecule has 2 heteroatoms. The predicted octanol–water partition coefficient (Wildman–Crippen LogP) is 5.91. The number of benzene rings is 2. The first-order valence-corrected chi connectivity index (χ1v) is 9.21. The van der Waals surface area contributed by atoms with Crippen molar-refractivity contribution in [1.82, 2.24) is 4.90 Å². The molecule has 0 aromatic heterocycles. The number of hydrogen-bond donors (Lipinski definition) is 0. The molecule has 0 unspecified atom stereocenters. The summed E-state index contributed by atoms with van der Waals surface area (Å²) in [5, 5.41) is 0.814. The summed E-state index contributed by atoms with van der Waals surface area (Å²) in [4.78, 5) is 2.62. The van der Waals surface area contributed by atoms with Crippen molar-refractivity contribution in [3.05, 3.63) is 83.4 Å². The van der Waals surface area contributed by atoms with Gasteiger partial charge in [-0.15, -0.1) is 6.58 Å². The molecule has 1 aliphatic rings. The van der Waals surface area contributed by atoms with E-state index in [1.54, 1.807) is 0 Å². The van der Waals surface area contributed by atoms with Gasteiger partial charge < -0.3 is 0 Å². The molecule has 1 saturated heterocycles. The monoisotopic (exact) mass is 339 g/mol. The summed E-state index contributed by atoms with van der Waals surface area (Å²) in [6.45, 7) is 8.54. The van der Waals surface area contributed by atoms with Crippen LogP contribution in [0.4, 0.5) is 0 Å². The van der Waals surface area contributed by atoms with Gasteiger partial charge in [0, 0.05) is 17.6 Å². The molecule has 3 atom stereocenters. The first-order valence-electron chi connectivity index (χ1n) is 8.83. The molecular weight excluding hydrogens is 314 g/mol. The maximum atomic E-state index is 6.07. The van der Waals surface area contributed by atoms with Crippen molar-refractivity contribution >= 4 is 11.6 Å². The van der Waals surface area contributed by atoms with Crippen LogP contribution in [0, 0.1) is 5.92 Å². The Labute approximate surface area is 151 Å². The molecule has 0 radical (unpaired) electrons. The van der Waals surface area contributed by atoms with Crippen LogP contribution in [0.25, 0.3) is 0 Å². The van der Waals surface area contributed by atoms with Crippen molar-refractivity contribution in [2.24, 2.45) is 5.92 Å². The zero-order valence-corrected chi connectivity index (χ0v) is 15.1. The molecule has 0 saturated carbocycles. The summed E-state index contributed by atoms with van der Waals surface area (Å²) in [6, 6.07) is 19.7. The average Bonchev–Trinajstić information content (AvgIpc) is 2.61. The third-order valence-electron chi connectivity index (χ3n) is 5.41. The van der Waals surface area contributed by atoms with Crippen LogP contribution in [-0.4, -0.2) is 17.5 Å². The molecule has 0 amide bonds. The standard InChI is InChI=1S/C22H26ClN/c1-3-7-21-17(2)24(16-18-8-5-4-6-9-18)15-14-22(21)19-10-12-20(23)13-11-19/h3-6,8-13,17,21-22H,1,7,14-16H2,2H3/t17-,21-,22+/m0/s1. The second kappa shape index (κ2) is 8.00. The molecule has 2 aromatic rings. The summed E-state index contributed by atoms with van der Waals surface area (Å²) in [5.41, 5.74) is 2.81. The number of likely N-dealkylation sites (tertiary alicyclic amines) is 1. The van der Waals surface area contributed by atoms with Gasteiger partial charge in [-0.2, -0.15) is 0 Å². The van der Waals surface area contributed by atoms with E-state index in [1.165, 1.54) is 17.5 Å². The quantitative estimate of drug-likeness (QED) is 0.612. The Morgan fingerprint density at radius 1 is 1.12 bits per heavy atom. The Kier molecular flexibility index (Phi) is 5.76. The second-order valence-corrected chi connectivity index (χ2v) is 7.27. The molecule has 0 bridgehead atoms. The van der Waals surface area contributed by atoms with Gasteiger partial charge in [0.05, 0.1) is 0 Å². The van der Waals surface area contributed by atoms with E-state index in [0.717, 1.165) is 24.5 Å². The Balaban J connectivity index is 1.77. The zero-order chi connectivity index (χ0) is 16.9. The van der Waals surface area contributed by atoms with Crippen LogP contribution in [0.15, 0.2) is 67.3 Å². The lowest BCUT2D eigenvalue weighted by molar-refractivity contribution is 0.0813. The minimum Gasteiger partial charge on any atom is -0.296 e. The molecule has 126 valence electrons. The molecule has 0 N–H and O–H groups in total. The Morgan fingerprint density at radius 3 is 2.50 bits per heavy atom. The van der Waals surface area contributed by atoms with Gasteiger partial charge in [0.1, 0.15) is 0 Å². The molecule has 0 aliphatic carbocycles. The van der Waals surface area contributed by atoms with E-state index in [4.69, 9.17) is 11.6 Å². The molecule has 1 aliphatic heterocycles. The van der Waals surface area contributed by atoms with Crippen LogP contribution < -0.4 is 0 Å². The second-order valence-electron chi connectivity index (χ2n) is 6.83. The third kappa shape index (κ3) is 3.91. The summed E-state index contributed by atoms with van der Waals surface area (Å²) >= 11 is 6.07. The normalized spacial score (nSPS) is 24.7. The van der Waals surface area contributed by atoms with Gasteiger partial charge in [0.2, 0.25) is 0 Å². The highest BCUT2D eigenvalue weighted by atomic mass is 35.5. The van der Waals surface area contributed by atoms with E-state index in [9.17, 15) is 0 Å². The summed E-state index contributed by atoms with van der Waals surface area (Å²) < 4.78 is 0. The minimum absolute atomic E-state index is 0.539. The summed E-state index contributed by atoms with van der Waals surface area (Å²) in [7, 11) is 0. The highest BCUT2D eigenvalue weighted by Crippen LogP contribution is 2.39. The Bertz CT molecular complexity index is 649. The fraction of sp³-hybridized carbons (Fsp3) is 0.364. The molecule has 3 rings (SSSR count). The maximum Gasteiger partial charge on any atom is 0.0406 e. The molecule has 24 heavy (non-hydrogen) atoms. The Morgan fingerprint density at radius 2 is 1.83 bits per heavy atom. The fourth-order valence-electron chi connectivity index (χ4n) is 4.05. The molecular formula is C22H26ClN. The van der Waals surface area contributed by atoms with Crippen LogP contribution in [0.1, 0.15) is 36.8 Å². The molecule has 2 aromatic carbocycles. The van der Waals surface area contributed by atoms with Gasteiger partial charge in [0.25, 0.3) is 0 Å². The molecule has 1 nitrogen and oxygen atoms in total. The average molecular weight is 340 g/mol. The van der Waals surface area contributed by atoms with Gasteiger partial charge in [0.15, 0.2) is 0 Å². The van der Waals surface area contributed by atoms with Gasteiger partial charge in [-0.25, -0.2) is 0 Å². The van der Waals surface area contributed by atoms with E-state index in [0.29, 0.717) is 17.9 Å². The number of nitrogens with zero attached hydrogens (tertiary/aromatic N) is 1. The fourth-order valence-corrected chi connectivity index (χ4v) is 4.17. The van der Waals surface area contributed by atoms with Gasteiger partial charge in [-0.1, -0.05) is 60.1 Å². The van der Waals surface area contributed by atoms with Crippen molar-refractivity contribution < 1.29 is 0 Å². The molecule has 1 heterocycles. The minimum atomic E-state index is 0.539. The van der Waals surface area contributed by atoms with E-state index in [-0.39, 0.29) is 0 Å². The van der Waals surface area contributed by atoms with Crippen molar-refractivity contribution in [3.63, 3.8) is 0 Å². The predicted molar refractivity (Wildman–Crippen MR) is 103 cm³/mol. The van der Waals surface area contributed by atoms with E-state index < -0.39 is 0 Å². The van der Waals surface area contributed by atoms with Crippen LogP contribution in [0.3, 0.4) is 0 Å². The SMILES string of the molecule is C=CC[C@@H]1[C@@H](c2ccc(Cl)cc2)CCN(Cc2ccccc2)[C@H]1C. The van der Waals surface area contributed by atoms with Crippen molar-refractivity contribution in [3.8, 4) is 0 Å². The third-order valence-corrected chi connectivity index (χ3v) is 5.66. The van der Waals surface area contributed by atoms with Crippen molar-refractivity contribution in [2.75, 3.05) is 6.54 Å². The van der Waals surface area contributed by atoms with Crippen LogP contribution >= 0.6 is 11.6 Å². The number of piperidine rings is 1. The van der Waals surface area contributed by atoms with E-state index in [2.05, 4.69) is 66.9 Å². The first kappa shape index (κ1) is 17.3. The van der Waals surface area contributed by atoms with Crippen LogP contribution in [0.5, 0.6) is 0 Å². The van der Waals surface area contributed by atoms with Gasteiger partial charge >= 0.3 is 0 Å². The topological polar surface area (TPSA) is 3.24 Å². The summed E-state index contributed by atoms with van der Waals surface area (Å²) in [6.07, 6.45) is 4.33.